The molecule has 33 heavy (non-hydrogen) atoms. The van der Waals surface area contributed by atoms with E-state index in [0.29, 0.717) is 40.2 Å². The molecule has 0 aliphatic heterocycles. The van der Waals surface area contributed by atoms with Gasteiger partial charge in [0.25, 0.3) is 5.92 Å². The van der Waals surface area contributed by atoms with Crippen molar-refractivity contribution in [3.05, 3.63) is 77.2 Å². The van der Waals surface area contributed by atoms with Crippen LogP contribution in [0, 0.1) is 11.8 Å². The first-order chi connectivity index (χ1) is 15.9. The number of hydrogen-bond acceptors (Lipinski definition) is 6. The number of halogens is 2. The summed E-state index contributed by atoms with van der Waals surface area (Å²) in [6, 6.07) is 3.32. The maximum Gasteiger partial charge on any atom is 0.272 e. The molecule has 0 saturated heterocycles. The van der Waals surface area contributed by atoms with Crippen LogP contribution in [0.5, 0.6) is 5.88 Å². The number of pyridine rings is 3. The van der Waals surface area contributed by atoms with Crippen LogP contribution in [0.3, 0.4) is 0 Å². The predicted octanol–water partition coefficient (Wildman–Crippen LogP) is 4.61. The Morgan fingerprint density at radius 2 is 1.97 bits per heavy atom. The topological polar surface area (TPSA) is 89.7 Å². The zero-order valence-corrected chi connectivity index (χ0v) is 17.7. The fraction of sp³-hybridized carbons (Fsp3) is 0.167. The molecule has 1 N–H and O–H groups in total. The van der Waals surface area contributed by atoms with Crippen molar-refractivity contribution in [1.29, 1.82) is 0 Å². The highest BCUT2D eigenvalue weighted by Gasteiger charge is 2.25. The Kier molecular flexibility index (Phi) is 4.98. The number of hydrogen-bond donors (Lipinski definition) is 1. The molecule has 5 aromatic rings. The van der Waals surface area contributed by atoms with Crippen molar-refractivity contribution in [2.75, 3.05) is 7.11 Å². The summed E-state index contributed by atoms with van der Waals surface area (Å²) in [4.78, 5) is 12.6. The molecular weight excluding hydrogens is 428 g/mol. The zero-order valence-electron chi connectivity index (χ0n) is 17.7. The first-order valence-electron chi connectivity index (χ1n) is 9.99. The Morgan fingerprint density at radius 3 is 2.79 bits per heavy atom. The van der Waals surface area contributed by atoms with E-state index in [9.17, 15) is 8.78 Å². The number of fused-ring (bicyclic) bond motifs is 2. The minimum absolute atomic E-state index is 0.137. The summed E-state index contributed by atoms with van der Waals surface area (Å²) >= 11 is 0. The largest absolute Gasteiger partial charge is 0.480 e. The summed E-state index contributed by atoms with van der Waals surface area (Å²) < 4.78 is 38.6. The second-order valence-electron chi connectivity index (χ2n) is 7.58. The lowest BCUT2D eigenvalue weighted by Gasteiger charge is -2.11. The van der Waals surface area contributed by atoms with Crippen molar-refractivity contribution in [3.63, 3.8) is 0 Å². The number of furan rings is 1. The van der Waals surface area contributed by atoms with Gasteiger partial charge in [-0.25, -0.2) is 18.7 Å². The standard InChI is InChI=1S/C24H17F2N5O2/c1-24(25,26)18-7-15(8-27-11-18)6-17-13-33-21-19(23(32-2)29-12-20(17)21)4-3-14-5-16-10-30-31-22(16)28-9-14/h5,7-13H,6H2,1-2H3,(H,28,30,31). The van der Waals surface area contributed by atoms with Gasteiger partial charge in [0, 0.05) is 65.6 Å². The Balaban J connectivity index is 1.53. The van der Waals surface area contributed by atoms with Crippen molar-refractivity contribution in [1.82, 2.24) is 25.1 Å². The Labute approximate surface area is 186 Å². The summed E-state index contributed by atoms with van der Waals surface area (Å²) in [5.41, 5.74) is 3.65. The molecule has 0 bridgehead atoms. The van der Waals surface area contributed by atoms with Crippen molar-refractivity contribution in [3.8, 4) is 17.7 Å². The molecule has 0 fully saturated rings. The van der Waals surface area contributed by atoms with Gasteiger partial charge in [-0.1, -0.05) is 11.8 Å². The van der Waals surface area contributed by atoms with Crippen LogP contribution in [0.25, 0.3) is 22.0 Å². The SMILES string of the molecule is COc1ncc2c(Cc3cncc(C(C)(F)F)c3)coc2c1C#Cc1cnc2[nH]ncc2c1. The number of nitrogens with zero attached hydrogens (tertiary/aromatic N) is 4. The molecule has 5 aromatic heterocycles. The fourth-order valence-corrected chi connectivity index (χ4v) is 3.51. The summed E-state index contributed by atoms with van der Waals surface area (Å²) in [6.45, 7) is 0.849. The number of aromatic nitrogens is 5. The number of alkyl halides is 2. The minimum Gasteiger partial charge on any atom is -0.480 e. The molecule has 0 unspecified atom stereocenters. The van der Waals surface area contributed by atoms with E-state index in [1.54, 1.807) is 31.1 Å². The van der Waals surface area contributed by atoms with Gasteiger partial charge in [-0.2, -0.15) is 5.10 Å². The molecule has 0 amide bonds. The van der Waals surface area contributed by atoms with E-state index in [1.807, 2.05) is 6.07 Å². The molecular formula is C24H17F2N5O2. The first kappa shape index (κ1) is 20.6. The van der Waals surface area contributed by atoms with Gasteiger partial charge in [0.05, 0.1) is 19.6 Å². The fourth-order valence-electron chi connectivity index (χ4n) is 3.51. The second kappa shape index (κ2) is 7.98. The highest BCUT2D eigenvalue weighted by atomic mass is 19.3. The van der Waals surface area contributed by atoms with Crippen LogP contribution < -0.4 is 4.74 Å². The van der Waals surface area contributed by atoms with Crippen LogP contribution in [0.15, 0.2) is 53.8 Å². The van der Waals surface area contributed by atoms with Crippen LogP contribution in [-0.2, 0) is 12.3 Å². The number of aromatic amines is 1. The third kappa shape index (κ3) is 3.99. The maximum atomic E-state index is 13.7. The number of H-pyrrole nitrogens is 1. The number of nitrogens with one attached hydrogen (secondary N) is 1. The van der Waals surface area contributed by atoms with E-state index in [-0.39, 0.29) is 5.56 Å². The van der Waals surface area contributed by atoms with Crippen LogP contribution in [0.4, 0.5) is 8.78 Å². The van der Waals surface area contributed by atoms with Gasteiger partial charge in [-0.05, 0) is 17.7 Å². The van der Waals surface area contributed by atoms with Crippen LogP contribution in [-0.4, -0.2) is 32.3 Å². The zero-order chi connectivity index (χ0) is 23.0. The lowest BCUT2D eigenvalue weighted by atomic mass is 10.0. The van der Waals surface area contributed by atoms with Gasteiger partial charge in [0.1, 0.15) is 5.56 Å². The molecule has 0 radical (unpaired) electrons. The van der Waals surface area contributed by atoms with Gasteiger partial charge in [-0.3, -0.25) is 10.1 Å². The first-order valence-corrected chi connectivity index (χ1v) is 9.99. The summed E-state index contributed by atoms with van der Waals surface area (Å²) in [5.74, 6) is 3.50. The number of methoxy groups -OCH3 is 1. The van der Waals surface area contributed by atoms with Crippen LogP contribution >= 0.6 is 0 Å². The van der Waals surface area contributed by atoms with E-state index in [4.69, 9.17) is 9.15 Å². The molecule has 0 atom stereocenters. The van der Waals surface area contributed by atoms with Gasteiger partial charge in [0.2, 0.25) is 5.88 Å². The van der Waals surface area contributed by atoms with Crippen molar-refractivity contribution < 1.29 is 17.9 Å². The summed E-state index contributed by atoms with van der Waals surface area (Å²) in [7, 11) is 1.50. The molecule has 164 valence electrons. The molecule has 5 heterocycles. The molecule has 9 heteroatoms. The molecule has 7 nitrogen and oxygen atoms in total. The van der Waals surface area contributed by atoms with E-state index in [1.165, 1.54) is 19.4 Å². The van der Waals surface area contributed by atoms with Gasteiger partial charge in [-0.15, -0.1) is 0 Å². The quantitative estimate of drug-likeness (QED) is 0.407. The average Bonchev–Trinajstić information content (AvgIpc) is 3.44. The molecule has 5 rings (SSSR count). The normalized spacial score (nSPS) is 11.5. The third-order valence-electron chi connectivity index (χ3n) is 5.17. The molecule has 0 aromatic carbocycles. The van der Waals surface area contributed by atoms with Crippen molar-refractivity contribution >= 4 is 22.0 Å². The third-order valence-corrected chi connectivity index (χ3v) is 5.17. The minimum atomic E-state index is -2.96. The van der Waals surface area contributed by atoms with Crippen molar-refractivity contribution in [2.45, 2.75) is 19.3 Å². The molecule has 0 saturated carbocycles. The highest BCUT2D eigenvalue weighted by molar-refractivity contribution is 5.87. The van der Waals surface area contributed by atoms with E-state index in [0.717, 1.165) is 23.3 Å². The maximum absolute atomic E-state index is 13.7. The van der Waals surface area contributed by atoms with Crippen molar-refractivity contribution in [2.24, 2.45) is 0 Å². The number of ether oxygens (including phenoxy) is 1. The highest BCUT2D eigenvalue weighted by Crippen LogP contribution is 2.31. The van der Waals surface area contributed by atoms with Crippen LogP contribution in [0.2, 0.25) is 0 Å². The van der Waals surface area contributed by atoms with Gasteiger partial charge in [0.15, 0.2) is 11.2 Å². The molecule has 0 aliphatic carbocycles. The second-order valence-corrected chi connectivity index (χ2v) is 7.58. The lowest BCUT2D eigenvalue weighted by molar-refractivity contribution is 0.0170. The molecule has 0 aliphatic rings. The lowest BCUT2D eigenvalue weighted by Crippen LogP contribution is -2.08. The molecule has 0 spiro atoms. The smallest absolute Gasteiger partial charge is 0.272 e. The van der Waals surface area contributed by atoms with Crippen LogP contribution in [0.1, 0.15) is 34.7 Å². The van der Waals surface area contributed by atoms with E-state index < -0.39 is 5.92 Å². The Bertz CT molecular complexity index is 1540. The summed E-state index contributed by atoms with van der Waals surface area (Å²) in [5, 5.41) is 8.32. The van der Waals surface area contributed by atoms with E-state index >= 15 is 0 Å². The van der Waals surface area contributed by atoms with E-state index in [2.05, 4.69) is 37.0 Å². The van der Waals surface area contributed by atoms with Gasteiger partial charge < -0.3 is 9.15 Å². The number of rotatable bonds is 4. The predicted molar refractivity (Wildman–Crippen MR) is 117 cm³/mol. The average molecular weight is 445 g/mol. The monoisotopic (exact) mass is 445 g/mol. The summed E-state index contributed by atoms with van der Waals surface area (Å²) in [6.07, 6.45) is 9.61. The Morgan fingerprint density at radius 1 is 1.09 bits per heavy atom. The van der Waals surface area contributed by atoms with Gasteiger partial charge >= 0.3 is 0 Å². The Hall–Kier alpha value is -4.32.